The Bertz CT molecular complexity index is 1080. The van der Waals surface area contributed by atoms with Gasteiger partial charge in [-0.05, 0) is 54.8 Å². The zero-order valence-corrected chi connectivity index (χ0v) is 18.8. The van der Waals surface area contributed by atoms with Gasteiger partial charge in [-0.15, -0.1) is 0 Å². The molecule has 0 saturated carbocycles. The highest BCUT2D eigenvalue weighted by Crippen LogP contribution is 2.38. The lowest BCUT2D eigenvalue weighted by molar-refractivity contribution is 0.548. The molecule has 0 atom stereocenters. The third-order valence-electron chi connectivity index (χ3n) is 6.01. The number of hydrogen-bond donors (Lipinski definition) is 0. The molecule has 3 rings (SSSR count). The van der Waals surface area contributed by atoms with Crippen LogP contribution in [0.4, 0.5) is 11.4 Å². The first-order valence-corrected chi connectivity index (χ1v) is 10.6. The number of nitrogens with zero attached hydrogens (tertiary/aromatic N) is 1. The smallest absolute Gasteiger partial charge is 0.113 e. The minimum absolute atomic E-state index is 0.115. The second-order valence-electron chi connectivity index (χ2n) is 8.38. The van der Waals surface area contributed by atoms with Crippen molar-refractivity contribution in [3.8, 4) is 0 Å². The Kier molecular flexibility index (Phi) is 7.02. The Labute approximate surface area is 188 Å². The Morgan fingerprint density at radius 1 is 1.03 bits per heavy atom. The molecule has 2 radical (unpaired) electrons. The molecule has 0 fully saturated rings. The largest absolute Gasteiger partial charge is 0.311 e. The molecule has 0 heterocycles. The lowest BCUT2D eigenvalue weighted by Gasteiger charge is -2.29. The number of allylic oxidation sites excluding steroid dienone is 9. The molecule has 0 saturated heterocycles. The Balaban J connectivity index is 2.00. The van der Waals surface area contributed by atoms with Crippen molar-refractivity contribution >= 4 is 24.7 Å². The van der Waals surface area contributed by atoms with Crippen LogP contribution in [0.1, 0.15) is 27.2 Å². The maximum Gasteiger partial charge on any atom is 0.113 e. The molecule has 1 aliphatic rings. The van der Waals surface area contributed by atoms with Gasteiger partial charge >= 0.3 is 0 Å². The molecule has 0 unspecified atom stereocenters. The van der Waals surface area contributed by atoms with E-state index in [1.165, 1.54) is 11.1 Å². The van der Waals surface area contributed by atoms with Crippen molar-refractivity contribution in [1.82, 2.24) is 0 Å². The monoisotopic (exact) mass is 403 g/mol. The van der Waals surface area contributed by atoms with Crippen LogP contribution in [-0.2, 0) is 0 Å². The fourth-order valence-corrected chi connectivity index (χ4v) is 3.63. The maximum absolute atomic E-state index is 6.07. The van der Waals surface area contributed by atoms with Crippen molar-refractivity contribution in [2.24, 2.45) is 5.41 Å². The van der Waals surface area contributed by atoms with E-state index < -0.39 is 0 Å². The quantitative estimate of drug-likeness (QED) is 0.380. The van der Waals surface area contributed by atoms with E-state index in [9.17, 15) is 0 Å². The summed E-state index contributed by atoms with van der Waals surface area (Å²) >= 11 is 0. The van der Waals surface area contributed by atoms with Crippen molar-refractivity contribution < 1.29 is 0 Å². The first-order chi connectivity index (χ1) is 14.8. The summed E-state index contributed by atoms with van der Waals surface area (Å²) in [6.45, 7) is 15.3. The van der Waals surface area contributed by atoms with Gasteiger partial charge < -0.3 is 4.90 Å². The summed E-state index contributed by atoms with van der Waals surface area (Å²) in [7, 11) is 6.07. The predicted molar refractivity (Wildman–Crippen MR) is 137 cm³/mol. The van der Waals surface area contributed by atoms with Gasteiger partial charge in [-0.3, -0.25) is 0 Å². The van der Waals surface area contributed by atoms with E-state index >= 15 is 0 Å². The van der Waals surface area contributed by atoms with Crippen LogP contribution >= 0.6 is 0 Å². The van der Waals surface area contributed by atoms with Crippen molar-refractivity contribution in [2.45, 2.75) is 27.2 Å². The summed E-state index contributed by atoms with van der Waals surface area (Å²) in [5, 5.41) is 0. The van der Waals surface area contributed by atoms with E-state index in [0.29, 0.717) is 0 Å². The standard InChI is InChI=1S/C29H30BN/c1-22-13-8-6-9-14-25(24(3)29(22,4)5)20-19-23(2)31(27-16-10-7-11-17-27)28-18-12-15-26(30)21-28/h6-13,15-21H,1-2,14H2,3-5H3/b9-6-,13-8-,20-19-,25-24+. The highest BCUT2D eigenvalue weighted by atomic mass is 15.1. The fraction of sp³-hybridized carbons (Fsp3) is 0.172. The lowest BCUT2D eigenvalue weighted by atomic mass is 9.76. The highest BCUT2D eigenvalue weighted by Gasteiger charge is 2.24. The summed E-state index contributed by atoms with van der Waals surface area (Å²) in [5.74, 6) is 0. The molecule has 2 aromatic rings. The van der Waals surface area contributed by atoms with E-state index in [1.807, 2.05) is 42.5 Å². The van der Waals surface area contributed by atoms with E-state index in [-0.39, 0.29) is 5.41 Å². The maximum atomic E-state index is 6.07. The van der Waals surface area contributed by atoms with Crippen LogP contribution in [0.5, 0.6) is 0 Å². The van der Waals surface area contributed by atoms with E-state index in [4.69, 9.17) is 7.85 Å². The molecule has 31 heavy (non-hydrogen) atoms. The van der Waals surface area contributed by atoms with Crippen molar-refractivity contribution in [1.29, 1.82) is 0 Å². The van der Waals surface area contributed by atoms with Gasteiger partial charge in [-0.2, -0.15) is 0 Å². The average molecular weight is 403 g/mol. The van der Waals surface area contributed by atoms with Crippen molar-refractivity contribution in [3.63, 3.8) is 0 Å². The highest BCUT2D eigenvalue weighted by molar-refractivity contribution is 6.32. The van der Waals surface area contributed by atoms with Gasteiger partial charge in [0.15, 0.2) is 0 Å². The van der Waals surface area contributed by atoms with Gasteiger partial charge in [0.25, 0.3) is 0 Å². The Morgan fingerprint density at radius 3 is 2.45 bits per heavy atom. The molecular formula is C29H30BN. The second kappa shape index (κ2) is 9.70. The van der Waals surface area contributed by atoms with Gasteiger partial charge in [0.1, 0.15) is 7.85 Å². The van der Waals surface area contributed by atoms with Gasteiger partial charge in [-0.25, -0.2) is 0 Å². The number of rotatable bonds is 5. The number of anilines is 2. The first kappa shape index (κ1) is 22.4. The van der Waals surface area contributed by atoms with Crippen LogP contribution in [0, 0.1) is 5.41 Å². The molecule has 2 heteroatoms. The summed E-state index contributed by atoms with van der Waals surface area (Å²) in [5.41, 5.74) is 7.20. The fourth-order valence-electron chi connectivity index (χ4n) is 3.63. The van der Waals surface area contributed by atoms with E-state index in [2.05, 4.69) is 87.4 Å². The summed E-state index contributed by atoms with van der Waals surface area (Å²) in [4.78, 5) is 2.12. The third kappa shape index (κ3) is 5.27. The van der Waals surface area contributed by atoms with E-state index in [1.54, 1.807) is 0 Å². The molecule has 0 aliphatic heterocycles. The molecule has 154 valence electrons. The van der Waals surface area contributed by atoms with Crippen LogP contribution < -0.4 is 10.4 Å². The zero-order valence-electron chi connectivity index (χ0n) is 18.8. The number of para-hydroxylation sites is 1. The second-order valence-corrected chi connectivity index (χ2v) is 8.38. The number of benzene rings is 2. The van der Waals surface area contributed by atoms with Crippen LogP contribution in [0.3, 0.4) is 0 Å². The lowest BCUT2D eigenvalue weighted by Crippen LogP contribution is -2.17. The van der Waals surface area contributed by atoms with Crippen LogP contribution in [0.2, 0.25) is 0 Å². The Hall–Kier alpha value is -3.26. The summed E-state index contributed by atoms with van der Waals surface area (Å²) in [6.07, 6.45) is 13.6. The van der Waals surface area contributed by atoms with Crippen LogP contribution in [-0.4, -0.2) is 7.85 Å². The minimum atomic E-state index is -0.115. The minimum Gasteiger partial charge on any atom is -0.311 e. The SMILES string of the molecule is [B]c1cccc(N(C(=C)/C=C\C2=C(/C)C(C)(C)C(=C)/C=C\C=C/C2)c2ccccc2)c1. The zero-order chi connectivity index (χ0) is 22.4. The number of hydrogen-bond acceptors (Lipinski definition) is 1. The van der Waals surface area contributed by atoms with Gasteiger partial charge in [0.2, 0.25) is 0 Å². The first-order valence-electron chi connectivity index (χ1n) is 10.6. The topological polar surface area (TPSA) is 3.24 Å². The molecule has 0 N–H and O–H groups in total. The molecule has 0 bridgehead atoms. The molecule has 0 spiro atoms. The van der Waals surface area contributed by atoms with Crippen molar-refractivity contribution in [2.75, 3.05) is 4.90 Å². The molecule has 1 aliphatic carbocycles. The molecule has 0 amide bonds. The normalized spacial score (nSPS) is 20.5. The van der Waals surface area contributed by atoms with Crippen LogP contribution in [0.15, 0.2) is 127 Å². The summed E-state index contributed by atoms with van der Waals surface area (Å²) < 4.78 is 0. The molecule has 1 nitrogen and oxygen atoms in total. The van der Waals surface area contributed by atoms with E-state index in [0.717, 1.165) is 34.5 Å². The molecule has 0 aromatic heterocycles. The van der Waals surface area contributed by atoms with Crippen LogP contribution in [0.25, 0.3) is 0 Å². The molecule has 2 aromatic carbocycles. The predicted octanol–water partition coefficient (Wildman–Crippen LogP) is 7.10. The summed E-state index contributed by atoms with van der Waals surface area (Å²) in [6, 6.07) is 18.1. The average Bonchev–Trinajstić information content (AvgIpc) is 2.79. The van der Waals surface area contributed by atoms with Gasteiger partial charge in [0.05, 0.1) is 0 Å². The van der Waals surface area contributed by atoms with Gasteiger partial charge in [0, 0.05) is 22.5 Å². The van der Waals surface area contributed by atoms with Gasteiger partial charge in [-0.1, -0.05) is 98.8 Å². The van der Waals surface area contributed by atoms with Crippen molar-refractivity contribution in [3.05, 3.63) is 127 Å². The molecular weight excluding hydrogens is 373 g/mol. The Morgan fingerprint density at radius 2 is 1.74 bits per heavy atom. The third-order valence-corrected chi connectivity index (χ3v) is 6.01.